The predicted molar refractivity (Wildman–Crippen MR) is 105 cm³/mol. The van der Waals surface area contributed by atoms with Crippen LogP contribution in [0.15, 0.2) is 42.7 Å². The highest BCUT2D eigenvalue weighted by Gasteiger charge is 2.17. The van der Waals surface area contributed by atoms with Crippen LogP contribution in [0.3, 0.4) is 0 Å². The Balaban J connectivity index is 1.76. The largest absolute Gasteiger partial charge is 0.292 e. The van der Waals surface area contributed by atoms with E-state index in [1.54, 1.807) is 0 Å². The molecule has 0 fully saturated rings. The van der Waals surface area contributed by atoms with Gasteiger partial charge >= 0.3 is 0 Å². The Morgan fingerprint density at radius 1 is 1.08 bits per heavy atom. The van der Waals surface area contributed by atoms with Crippen LogP contribution >= 0.6 is 0 Å². The smallest absolute Gasteiger partial charge is 0.0659 e. The Morgan fingerprint density at radius 2 is 1.85 bits per heavy atom. The summed E-state index contributed by atoms with van der Waals surface area (Å²) in [4.78, 5) is 2.50. The average molecular weight is 351 g/mol. The van der Waals surface area contributed by atoms with E-state index in [0.29, 0.717) is 6.04 Å². The molecule has 0 bridgehead atoms. The van der Waals surface area contributed by atoms with Crippen molar-refractivity contribution in [2.24, 2.45) is 7.05 Å². The van der Waals surface area contributed by atoms with Gasteiger partial charge in [0.15, 0.2) is 0 Å². The lowest BCUT2D eigenvalue weighted by molar-refractivity contribution is 0.203. The zero-order chi connectivity index (χ0) is 18.7. The lowest BCUT2D eigenvalue weighted by Gasteiger charge is -2.27. The quantitative estimate of drug-likeness (QED) is 0.652. The van der Waals surface area contributed by atoms with Gasteiger partial charge in [-0.15, -0.1) is 0 Å². The first-order valence-corrected chi connectivity index (χ1v) is 9.22. The van der Waals surface area contributed by atoms with Crippen LogP contribution in [0.4, 0.5) is 0 Å². The SMILES string of the molecule is Cc1nn(C)c(C)c1CN(Cc1cccc(Cn2cccn2)c1)C(C)C. The molecule has 5 nitrogen and oxygen atoms in total. The van der Waals surface area contributed by atoms with Gasteiger partial charge < -0.3 is 0 Å². The standard InChI is InChI=1S/C21H29N5/c1-16(2)25(15-21-17(3)23-24(5)18(21)4)13-19-8-6-9-20(12-19)14-26-11-7-10-22-26/h6-12,16H,13-15H2,1-5H3. The normalized spacial score (nSPS) is 11.7. The minimum absolute atomic E-state index is 0.462. The van der Waals surface area contributed by atoms with Crippen LogP contribution in [-0.4, -0.2) is 30.5 Å². The Morgan fingerprint density at radius 3 is 2.46 bits per heavy atom. The first kappa shape index (κ1) is 18.4. The molecular weight excluding hydrogens is 322 g/mol. The van der Waals surface area contributed by atoms with Crippen LogP contribution < -0.4 is 0 Å². The van der Waals surface area contributed by atoms with Gasteiger partial charge in [-0.3, -0.25) is 14.3 Å². The van der Waals surface area contributed by atoms with Crippen molar-refractivity contribution in [3.8, 4) is 0 Å². The molecule has 1 aromatic carbocycles. The van der Waals surface area contributed by atoms with E-state index < -0.39 is 0 Å². The summed E-state index contributed by atoms with van der Waals surface area (Å²) in [6.07, 6.45) is 3.82. The number of aryl methyl sites for hydroxylation is 2. The van der Waals surface area contributed by atoms with Crippen molar-refractivity contribution >= 4 is 0 Å². The third-order valence-electron chi connectivity index (χ3n) is 5.03. The summed E-state index contributed by atoms with van der Waals surface area (Å²) >= 11 is 0. The lowest BCUT2D eigenvalue weighted by atomic mass is 10.1. The number of aromatic nitrogens is 4. The molecule has 0 aliphatic carbocycles. The van der Waals surface area contributed by atoms with Crippen molar-refractivity contribution in [2.75, 3.05) is 0 Å². The van der Waals surface area contributed by atoms with Gasteiger partial charge in [0.2, 0.25) is 0 Å². The summed E-state index contributed by atoms with van der Waals surface area (Å²) in [6.45, 7) is 11.4. The van der Waals surface area contributed by atoms with E-state index in [1.165, 1.54) is 22.4 Å². The third kappa shape index (κ3) is 4.22. The highest BCUT2D eigenvalue weighted by atomic mass is 15.3. The molecule has 0 radical (unpaired) electrons. The van der Waals surface area contributed by atoms with E-state index in [4.69, 9.17) is 0 Å². The van der Waals surface area contributed by atoms with E-state index >= 15 is 0 Å². The van der Waals surface area contributed by atoms with Crippen molar-refractivity contribution in [2.45, 2.75) is 53.4 Å². The molecule has 26 heavy (non-hydrogen) atoms. The van der Waals surface area contributed by atoms with Crippen LogP contribution in [0.25, 0.3) is 0 Å². The second-order valence-corrected chi connectivity index (χ2v) is 7.30. The van der Waals surface area contributed by atoms with Gasteiger partial charge in [0.25, 0.3) is 0 Å². The third-order valence-corrected chi connectivity index (χ3v) is 5.03. The van der Waals surface area contributed by atoms with E-state index in [1.807, 2.05) is 34.9 Å². The number of hydrogen-bond donors (Lipinski definition) is 0. The first-order chi connectivity index (χ1) is 12.4. The molecule has 0 spiro atoms. The molecular formula is C21H29N5. The van der Waals surface area contributed by atoms with Gasteiger partial charge in [-0.25, -0.2) is 0 Å². The minimum Gasteiger partial charge on any atom is -0.292 e. The van der Waals surface area contributed by atoms with Gasteiger partial charge in [-0.05, 0) is 44.9 Å². The Hall–Kier alpha value is -2.40. The zero-order valence-electron chi connectivity index (χ0n) is 16.5. The second-order valence-electron chi connectivity index (χ2n) is 7.30. The highest BCUT2D eigenvalue weighted by molar-refractivity contribution is 5.26. The second kappa shape index (κ2) is 7.87. The molecule has 0 aliphatic heterocycles. The van der Waals surface area contributed by atoms with Crippen LogP contribution in [0.1, 0.15) is 41.9 Å². The van der Waals surface area contributed by atoms with Crippen LogP contribution in [0.2, 0.25) is 0 Å². The molecule has 0 saturated heterocycles. The molecule has 0 aliphatic rings. The molecule has 2 aromatic heterocycles. The fourth-order valence-corrected chi connectivity index (χ4v) is 3.31. The molecule has 0 atom stereocenters. The van der Waals surface area contributed by atoms with Crippen molar-refractivity contribution in [3.63, 3.8) is 0 Å². The first-order valence-electron chi connectivity index (χ1n) is 9.22. The summed E-state index contributed by atoms with van der Waals surface area (Å²) in [5.41, 5.74) is 6.34. The lowest BCUT2D eigenvalue weighted by Crippen LogP contribution is -2.30. The predicted octanol–water partition coefficient (Wildman–Crippen LogP) is 3.69. The fraction of sp³-hybridized carbons (Fsp3) is 0.429. The van der Waals surface area contributed by atoms with Crippen LogP contribution in [-0.2, 0) is 26.7 Å². The van der Waals surface area contributed by atoms with Crippen LogP contribution in [0.5, 0.6) is 0 Å². The number of hydrogen-bond acceptors (Lipinski definition) is 3. The molecule has 5 heteroatoms. The van der Waals surface area contributed by atoms with Gasteiger partial charge in [-0.1, -0.05) is 24.3 Å². The van der Waals surface area contributed by atoms with Gasteiger partial charge in [-0.2, -0.15) is 10.2 Å². The molecule has 0 amide bonds. The molecule has 0 unspecified atom stereocenters. The summed E-state index contributed by atoms with van der Waals surface area (Å²) in [5.74, 6) is 0. The molecule has 3 aromatic rings. The highest BCUT2D eigenvalue weighted by Crippen LogP contribution is 2.19. The van der Waals surface area contributed by atoms with Gasteiger partial charge in [0.05, 0.1) is 12.2 Å². The van der Waals surface area contributed by atoms with Gasteiger partial charge in [0, 0.05) is 49.8 Å². The summed E-state index contributed by atoms with van der Waals surface area (Å²) < 4.78 is 3.94. The summed E-state index contributed by atoms with van der Waals surface area (Å²) in [7, 11) is 2.02. The van der Waals surface area contributed by atoms with Crippen molar-refractivity contribution in [1.29, 1.82) is 0 Å². The van der Waals surface area contributed by atoms with Crippen molar-refractivity contribution in [3.05, 3.63) is 70.8 Å². The van der Waals surface area contributed by atoms with Crippen molar-refractivity contribution < 1.29 is 0 Å². The molecule has 138 valence electrons. The summed E-state index contributed by atoms with van der Waals surface area (Å²) in [5, 5.41) is 8.87. The topological polar surface area (TPSA) is 38.9 Å². The van der Waals surface area contributed by atoms with Gasteiger partial charge in [0.1, 0.15) is 0 Å². The maximum atomic E-state index is 4.57. The van der Waals surface area contributed by atoms with Crippen LogP contribution in [0, 0.1) is 13.8 Å². The summed E-state index contributed by atoms with van der Waals surface area (Å²) in [6, 6.07) is 11.2. The molecule has 3 rings (SSSR count). The van der Waals surface area contributed by atoms with Crippen molar-refractivity contribution in [1.82, 2.24) is 24.5 Å². The van der Waals surface area contributed by atoms with E-state index in [-0.39, 0.29) is 0 Å². The Kier molecular flexibility index (Phi) is 5.57. The Labute approximate surface area is 156 Å². The fourth-order valence-electron chi connectivity index (χ4n) is 3.31. The maximum absolute atomic E-state index is 4.57. The maximum Gasteiger partial charge on any atom is 0.0659 e. The minimum atomic E-state index is 0.462. The monoisotopic (exact) mass is 351 g/mol. The molecule has 0 N–H and O–H groups in total. The number of nitrogens with zero attached hydrogens (tertiary/aromatic N) is 5. The zero-order valence-corrected chi connectivity index (χ0v) is 16.5. The molecule has 2 heterocycles. The number of rotatable bonds is 7. The van der Waals surface area contributed by atoms with E-state index in [9.17, 15) is 0 Å². The van der Waals surface area contributed by atoms with E-state index in [0.717, 1.165) is 25.3 Å². The molecule has 0 saturated carbocycles. The number of benzene rings is 1. The average Bonchev–Trinajstić information content (AvgIpc) is 3.18. The Bertz CT molecular complexity index is 845. The van der Waals surface area contributed by atoms with E-state index in [2.05, 4.69) is 67.1 Å².